The van der Waals surface area contributed by atoms with Crippen LogP contribution >= 0.6 is 0 Å². The molecule has 4 rings (SSSR count). The first-order chi connectivity index (χ1) is 12.2. The monoisotopic (exact) mass is 339 g/mol. The highest BCUT2D eigenvalue weighted by Crippen LogP contribution is 2.32. The number of anilines is 1. The summed E-state index contributed by atoms with van der Waals surface area (Å²) in [6.07, 6.45) is 7.26. The van der Waals surface area contributed by atoms with E-state index in [1.165, 1.54) is 12.8 Å². The summed E-state index contributed by atoms with van der Waals surface area (Å²) in [4.78, 5) is 14.7. The zero-order valence-corrected chi connectivity index (χ0v) is 14.8. The Hall–Kier alpha value is -2.41. The van der Waals surface area contributed by atoms with Crippen LogP contribution in [0.5, 0.6) is 0 Å². The van der Waals surface area contributed by atoms with Gasteiger partial charge in [-0.05, 0) is 45.4 Å². The maximum absolute atomic E-state index is 4.88. The first-order valence-corrected chi connectivity index (χ1v) is 9.03. The Morgan fingerprint density at radius 3 is 3.04 bits per heavy atom. The highest BCUT2D eigenvalue weighted by Gasteiger charge is 2.26. The van der Waals surface area contributed by atoms with Gasteiger partial charge in [0.15, 0.2) is 11.5 Å². The SMILES string of the molecule is CC(C)Nc1n[nH]c2nc(C3CCCCN3Cc3cnc[nH]3)ccc12. The first-order valence-electron chi connectivity index (χ1n) is 9.03. The second kappa shape index (κ2) is 6.84. The van der Waals surface area contributed by atoms with Crippen LogP contribution in [-0.4, -0.2) is 42.6 Å². The van der Waals surface area contributed by atoms with Crippen molar-refractivity contribution < 1.29 is 0 Å². The van der Waals surface area contributed by atoms with Crippen molar-refractivity contribution in [3.63, 3.8) is 0 Å². The van der Waals surface area contributed by atoms with Gasteiger partial charge in [0.1, 0.15) is 0 Å². The van der Waals surface area contributed by atoms with Crippen LogP contribution in [0.25, 0.3) is 11.0 Å². The highest BCUT2D eigenvalue weighted by molar-refractivity contribution is 5.87. The molecule has 3 aromatic heterocycles. The molecule has 0 aromatic carbocycles. The van der Waals surface area contributed by atoms with Crippen LogP contribution in [0.1, 0.15) is 50.5 Å². The average molecular weight is 339 g/mol. The van der Waals surface area contributed by atoms with Crippen LogP contribution in [0.15, 0.2) is 24.7 Å². The van der Waals surface area contributed by atoms with E-state index in [9.17, 15) is 0 Å². The van der Waals surface area contributed by atoms with E-state index >= 15 is 0 Å². The fourth-order valence-corrected chi connectivity index (χ4v) is 3.59. The Bertz CT molecular complexity index is 821. The number of nitrogens with zero attached hydrogens (tertiary/aromatic N) is 4. The summed E-state index contributed by atoms with van der Waals surface area (Å²) in [5, 5.41) is 11.9. The van der Waals surface area contributed by atoms with E-state index in [1.54, 1.807) is 6.33 Å². The van der Waals surface area contributed by atoms with Crippen molar-refractivity contribution in [1.82, 2.24) is 30.0 Å². The van der Waals surface area contributed by atoms with Gasteiger partial charge >= 0.3 is 0 Å². The summed E-state index contributed by atoms with van der Waals surface area (Å²) in [7, 11) is 0. The number of piperidine rings is 1. The molecule has 1 unspecified atom stereocenters. The minimum Gasteiger partial charge on any atom is -0.366 e. The lowest BCUT2D eigenvalue weighted by Crippen LogP contribution is -2.33. The van der Waals surface area contributed by atoms with Crippen molar-refractivity contribution in [2.75, 3.05) is 11.9 Å². The van der Waals surface area contributed by atoms with Crippen LogP contribution < -0.4 is 5.32 Å². The molecule has 7 nitrogen and oxygen atoms in total. The molecule has 0 spiro atoms. The quantitative estimate of drug-likeness (QED) is 0.664. The number of aromatic nitrogens is 5. The molecule has 0 saturated carbocycles. The van der Waals surface area contributed by atoms with Gasteiger partial charge in [0.25, 0.3) is 0 Å². The van der Waals surface area contributed by atoms with E-state index in [0.29, 0.717) is 12.1 Å². The molecule has 7 heteroatoms. The lowest BCUT2D eigenvalue weighted by molar-refractivity contribution is 0.136. The highest BCUT2D eigenvalue weighted by atomic mass is 15.2. The maximum Gasteiger partial charge on any atom is 0.157 e. The van der Waals surface area contributed by atoms with Crippen molar-refractivity contribution in [3.05, 3.63) is 36.0 Å². The van der Waals surface area contributed by atoms with Gasteiger partial charge in [-0.3, -0.25) is 10.00 Å². The molecular formula is C18H25N7. The minimum atomic E-state index is 0.339. The maximum atomic E-state index is 4.88. The Labute approximate surface area is 147 Å². The number of hydrogen-bond acceptors (Lipinski definition) is 5. The number of likely N-dealkylation sites (tertiary alicyclic amines) is 1. The van der Waals surface area contributed by atoms with Crippen molar-refractivity contribution in [2.24, 2.45) is 0 Å². The molecular weight excluding hydrogens is 314 g/mol. The predicted molar refractivity (Wildman–Crippen MR) is 98.2 cm³/mol. The van der Waals surface area contributed by atoms with Crippen LogP contribution in [0, 0.1) is 0 Å². The zero-order chi connectivity index (χ0) is 17.2. The standard InChI is InChI=1S/C18H25N7/c1-12(2)21-17-14-6-7-15(22-18(14)24-23-17)16-5-3-4-8-25(16)10-13-9-19-11-20-13/h6-7,9,11-12,16H,3-5,8,10H2,1-2H3,(H,19,20)(H2,21,22,23,24). The Balaban J connectivity index is 1.60. The van der Waals surface area contributed by atoms with Crippen LogP contribution in [0.2, 0.25) is 0 Å². The number of hydrogen-bond donors (Lipinski definition) is 3. The summed E-state index contributed by atoms with van der Waals surface area (Å²) in [6, 6.07) is 4.97. The van der Waals surface area contributed by atoms with E-state index in [0.717, 1.165) is 47.7 Å². The zero-order valence-electron chi connectivity index (χ0n) is 14.8. The smallest absolute Gasteiger partial charge is 0.157 e. The fourth-order valence-electron chi connectivity index (χ4n) is 3.59. The Kier molecular flexibility index (Phi) is 4.40. The van der Waals surface area contributed by atoms with E-state index in [2.05, 4.69) is 56.4 Å². The van der Waals surface area contributed by atoms with Crippen LogP contribution in [-0.2, 0) is 6.54 Å². The molecule has 1 atom stereocenters. The lowest BCUT2D eigenvalue weighted by atomic mass is 9.98. The molecule has 25 heavy (non-hydrogen) atoms. The summed E-state index contributed by atoms with van der Waals surface area (Å²) in [6.45, 7) is 6.19. The van der Waals surface area contributed by atoms with Crippen LogP contribution in [0.4, 0.5) is 5.82 Å². The second-order valence-corrected chi connectivity index (χ2v) is 7.06. The molecule has 1 aliphatic rings. The number of H-pyrrole nitrogens is 2. The second-order valence-electron chi connectivity index (χ2n) is 7.06. The Morgan fingerprint density at radius 2 is 2.24 bits per heavy atom. The van der Waals surface area contributed by atoms with Gasteiger partial charge in [-0.25, -0.2) is 9.97 Å². The van der Waals surface area contributed by atoms with Gasteiger partial charge in [0, 0.05) is 24.5 Å². The first kappa shape index (κ1) is 16.1. The number of pyridine rings is 1. The number of rotatable bonds is 5. The predicted octanol–water partition coefficient (Wildman–Crippen LogP) is 3.23. The summed E-state index contributed by atoms with van der Waals surface area (Å²) >= 11 is 0. The molecule has 3 aromatic rings. The largest absolute Gasteiger partial charge is 0.366 e. The number of fused-ring (bicyclic) bond motifs is 1. The number of nitrogens with one attached hydrogen (secondary N) is 3. The van der Waals surface area contributed by atoms with Crippen molar-refractivity contribution >= 4 is 16.9 Å². The van der Waals surface area contributed by atoms with Crippen molar-refractivity contribution in [1.29, 1.82) is 0 Å². The third-order valence-corrected chi connectivity index (χ3v) is 4.75. The summed E-state index contributed by atoms with van der Waals surface area (Å²) in [5.41, 5.74) is 3.12. The van der Waals surface area contributed by atoms with E-state index in [1.807, 2.05) is 6.20 Å². The third-order valence-electron chi connectivity index (χ3n) is 4.75. The van der Waals surface area contributed by atoms with E-state index in [-0.39, 0.29) is 0 Å². The lowest BCUT2D eigenvalue weighted by Gasteiger charge is -2.35. The molecule has 1 saturated heterocycles. The molecule has 3 N–H and O–H groups in total. The molecule has 132 valence electrons. The van der Waals surface area contributed by atoms with E-state index in [4.69, 9.17) is 4.98 Å². The van der Waals surface area contributed by atoms with Gasteiger partial charge < -0.3 is 10.3 Å². The Morgan fingerprint density at radius 1 is 1.32 bits per heavy atom. The fraction of sp³-hybridized carbons (Fsp3) is 0.500. The summed E-state index contributed by atoms with van der Waals surface area (Å²) < 4.78 is 0. The van der Waals surface area contributed by atoms with Crippen molar-refractivity contribution in [2.45, 2.75) is 51.7 Å². The molecule has 0 bridgehead atoms. The number of aromatic amines is 2. The van der Waals surface area contributed by atoms with Gasteiger partial charge in [0.05, 0.1) is 23.4 Å². The molecule has 0 aliphatic carbocycles. The number of imidazole rings is 1. The third kappa shape index (κ3) is 3.37. The van der Waals surface area contributed by atoms with Gasteiger partial charge in [-0.1, -0.05) is 6.42 Å². The van der Waals surface area contributed by atoms with Gasteiger partial charge in [0.2, 0.25) is 0 Å². The summed E-state index contributed by atoms with van der Waals surface area (Å²) in [5.74, 6) is 0.877. The molecule has 0 radical (unpaired) electrons. The molecule has 1 fully saturated rings. The molecule has 4 heterocycles. The minimum absolute atomic E-state index is 0.339. The topological polar surface area (TPSA) is 85.5 Å². The van der Waals surface area contributed by atoms with Gasteiger partial charge in [-0.2, -0.15) is 5.10 Å². The van der Waals surface area contributed by atoms with Crippen molar-refractivity contribution in [3.8, 4) is 0 Å². The molecule has 1 aliphatic heterocycles. The van der Waals surface area contributed by atoms with Gasteiger partial charge in [-0.15, -0.1) is 0 Å². The average Bonchev–Trinajstić information content (AvgIpc) is 3.25. The van der Waals surface area contributed by atoms with Crippen LogP contribution in [0.3, 0.4) is 0 Å². The molecule has 0 amide bonds. The van der Waals surface area contributed by atoms with E-state index < -0.39 is 0 Å². The normalized spacial score (nSPS) is 18.9.